The van der Waals surface area contributed by atoms with Crippen molar-refractivity contribution in [3.05, 3.63) is 75.6 Å². The first kappa shape index (κ1) is 22.1. The van der Waals surface area contributed by atoms with Crippen LogP contribution in [0.15, 0.2) is 58.2 Å². The van der Waals surface area contributed by atoms with Gasteiger partial charge in [-0.1, -0.05) is 24.3 Å². The lowest BCUT2D eigenvalue weighted by molar-refractivity contribution is 0.0930. The standard InChI is InChI=1S/C24H27N5O2S/c1-15-6-3-7-16(2)22(15)20-13-21(30)28-24(27-20)29-32-19-10-4-8-17(12-19)23(31)26-18-9-5-11-25-14-18/h3-4,6-8,10,12-13,18,25H,5,9,11,14H2,1-2H3,(H,26,31)(H2,27,28,29,30)/t18-/m0/s1. The maximum Gasteiger partial charge on any atom is 0.252 e. The minimum Gasteiger partial charge on any atom is -0.348 e. The Bertz CT molecular complexity index is 1150. The lowest BCUT2D eigenvalue weighted by atomic mass is 10.00. The van der Waals surface area contributed by atoms with Crippen LogP contribution < -0.4 is 20.9 Å². The summed E-state index contributed by atoms with van der Waals surface area (Å²) < 4.78 is 3.11. The summed E-state index contributed by atoms with van der Waals surface area (Å²) in [5.74, 6) is 0.285. The lowest BCUT2D eigenvalue weighted by Crippen LogP contribution is -2.45. The maximum absolute atomic E-state index is 12.6. The molecule has 1 amide bonds. The van der Waals surface area contributed by atoms with Crippen LogP contribution in [0, 0.1) is 13.8 Å². The summed E-state index contributed by atoms with van der Waals surface area (Å²) in [6, 6.07) is 15.1. The fourth-order valence-corrected chi connectivity index (χ4v) is 4.55. The normalized spacial score (nSPS) is 15.9. The van der Waals surface area contributed by atoms with Crippen LogP contribution in [-0.2, 0) is 0 Å². The third kappa shape index (κ3) is 5.38. The number of benzene rings is 2. The van der Waals surface area contributed by atoms with Gasteiger partial charge in [-0.05, 0) is 74.5 Å². The molecular formula is C24H27N5O2S. The average Bonchev–Trinajstić information content (AvgIpc) is 2.78. The van der Waals surface area contributed by atoms with E-state index in [4.69, 9.17) is 0 Å². The summed E-state index contributed by atoms with van der Waals surface area (Å²) >= 11 is 1.30. The van der Waals surface area contributed by atoms with E-state index in [-0.39, 0.29) is 17.5 Å². The van der Waals surface area contributed by atoms with E-state index in [0.29, 0.717) is 17.2 Å². The minimum absolute atomic E-state index is 0.0790. The maximum atomic E-state index is 12.6. The van der Waals surface area contributed by atoms with Gasteiger partial charge in [-0.3, -0.25) is 19.3 Å². The van der Waals surface area contributed by atoms with Crippen LogP contribution in [0.3, 0.4) is 0 Å². The molecule has 0 radical (unpaired) electrons. The molecule has 2 aromatic carbocycles. The number of aryl methyl sites for hydroxylation is 2. The predicted octanol–water partition coefficient (Wildman–Crippen LogP) is 3.65. The van der Waals surface area contributed by atoms with Crippen LogP contribution in [0.5, 0.6) is 0 Å². The molecule has 0 unspecified atom stereocenters. The summed E-state index contributed by atoms with van der Waals surface area (Å²) in [6.07, 6.45) is 2.06. The fourth-order valence-electron chi connectivity index (χ4n) is 3.90. The van der Waals surface area contributed by atoms with Gasteiger partial charge < -0.3 is 10.6 Å². The second-order valence-corrected chi connectivity index (χ2v) is 8.87. The lowest BCUT2D eigenvalue weighted by Gasteiger charge is -2.23. The quantitative estimate of drug-likeness (QED) is 0.429. The van der Waals surface area contributed by atoms with Crippen molar-refractivity contribution < 1.29 is 4.79 Å². The first-order valence-electron chi connectivity index (χ1n) is 10.7. The topological polar surface area (TPSA) is 98.9 Å². The number of anilines is 1. The molecule has 166 valence electrons. The van der Waals surface area contributed by atoms with Gasteiger partial charge in [0.05, 0.1) is 5.69 Å². The van der Waals surface area contributed by atoms with Gasteiger partial charge in [-0.25, -0.2) is 4.98 Å². The molecule has 0 aliphatic carbocycles. The number of piperidine rings is 1. The van der Waals surface area contributed by atoms with E-state index in [2.05, 4.69) is 25.3 Å². The Balaban J connectivity index is 1.47. The Hall–Kier alpha value is -3.10. The number of carbonyl (C=O) groups excluding carboxylic acids is 1. The molecule has 7 nitrogen and oxygen atoms in total. The number of rotatable bonds is 6. The highest BCUT2D eigenvalue weighted by Crippen LogP contribution is 2.26. The molecule has 32 heavy (non-hydrogen) atoms. The molecule has 1 fully saturated rings. The van der Waals surface area contributed by atoms with Crippen LogP contribution in [0.4, 0.5) is 5.95 Å². The highest BCUT2D eigenvalue weighted by molar-refractivity contribution is 8.00. The molecule has 1 atom stereocenters. The van der Waals surface area contributed by atoms with Crippen molar-refractivity contribution in [2.45, 2.75) is 37.6 Å². The van der Waals surface area contributed by atoms with Crippen LogP contribution in [0.1, 0.15) is 34.3 Å². The van der Waals surface area contributed by atoms with Gasteiger partial charge in [0.2, 0.25) is 5.95 Å². The smallest absolute Gasteiger partial charge is 0.252 e. The van der Waals surface area contributed by atoms with Gasteiger partial charge in [0.1, 0.15) is 0 Å². The molecule has 0 bridgehead atoms. The number of hydrogen-bond donors (Lipinski definition) is 4. The van der Waals surface area contributed by atoms with Crippen LogP contribution in [0.25, 0.3) is 11.3 Å². The summed E-state index contributed by atoms with van der Waals surface area (Å²) in [4.78, 5) is 33.1. The molecular weight excluding hydrogens is 422 g/mol. The highest BCUT2D eigenvalue weighted by Gasteiger charge is 2.16. The number of hydrogen-bond acceptors (Lipinski definition) is 6. The van der Waals surface area contributed by atoms with Crippen LogP contribution in [0.2, 0.25) is 0 Å². The van der Waals surface area contributed by atoms with Crippen molar-refractivity contribution in [2.75, 3.05) is 17.8 Å². The molecule has 1 aromatic heterocycles. The zero-order chi connectivity index (χ0) is 22.5. The van der Waals surface area contributed by atoms with Gasteiger partial charge in [0, 0.05) is 34.7 Å². The Labute approximate surface area is 191 Å². The Kier molecular flexibility index (Phi) is 6.92. The van der Waals surface area contributed by atoms with E-state index in [1.807, 2.05) is 50.2 Å². The van der Waals surface area contributed by atoms with Gasteiger partial charge >= 0.3 is 0 Å². The van der Waals surface area contributed by atoms with E-state index in [1.165, 1.54) is 18.0 Å². The molecule has 3 aromatic rings. The van der Waals surface area contributed by atoms with Crippen molar-refractivity contribution in [1.82, 2.24) is 20.6 Å². The second-order valence-electron chi connectivity index (χ2n) is 7.99. The highest BCUT2D eigenvalue weighted by atomic mass is 32.2. The molecule has 0 spiro atoms. The molecule has 0 saturated carbocycles. The zero-order valence-corrected chi connectivity index (χ0v) is 19.0. The monoisotopic (exact) mass is 449 g/mol. The van der Waals surface area contributed by atoms with E-state index < -0.39 is 0 Å². The first-order valence-corrected chi connectivity index (χ1v) is 11.5. The number of carbonyl (C=O) groups is 1. The number of nitrogens with zero attached hydrogens (tertiary/aromatic N) is 1. The largest absolute Gasteiger partial charge is 0.348 e. The van der Waals surface area contributed by atoms with E-state index in [1.54, 1.807) is 6.07 Å². The SMILES string of the molecule is Cc1cccc(C)c1-c1cc(=O)[nH]c(NSc2cccc(C(=O)N[C@H]3CCCNC3)c2)n1. The Morgan fingerprint density at radius 3 is 2.66 bits per heavy atom. The Morgan fingerprint density at radius 1 is 1.12 bits per heavy atom. The molecule has 1 aliphatic rings. The van der Waals surface area contributed by atoms with Crippen molar-refractivity contribution in [3.63, 3.8) is 0 Å². The van der Waals surface area contributed by atoms with E-state index >= 15 is 0 Å². The number of nitrogens with one attached hydrogen (secondary N) is 4. The van der Waals surface area contributed by atoms with E-state index in [0.717, 1.165) is 47.5 Å². The van der Waals surface area contributed by atoms with Gasteiger partial charge in [0.25, 0.3) is 11.5 Å². The molecule has 4 rings (SSSR count). The Morgan fingerprint density at radius 2 is 1.91 bits per heavy atom. The summed E-state index contributed by atoms with van der Waals surface area (Å²) in [5.41, 5.74) is 4.09. The number of aromatic nitrogens is 2. The summed E-state index contributed by atoms with van der Waals surface area (Å²) in [7, 11) is 0. The van der Waals surface area contributed by atoms with Gasteiger partial charge in [-0.15, -0.1) is 0 Å². The van der Waals surface area contributed by atoms with Crippen molar-refractivity contribution in [1.29, 1.82) is 0 Å². The van der Waals surface area contributed by atoms with Crippen LogP contribution >= 0.6 is 11.9 Å². The molecule has 2 heterocycles. The molecule has 1 saturated heterocycles. The third-order valence-electron chi connectivity index (χ3n) is 5.47. The first-order chi connectivity index (χ1) is 15.5. The van der Waals surface area contributed by atoms with E-state index in [9.17, 15) is 9.59 Å². The number of aromatic amines is 1. The molecule has 8 heteroatoms. The zero-order valence-electron chi connectivity index (χ0n) is 18.2. The van der Waals surface area contributed by atoms with Gasteiger partial charge in [-0.2, -0.15) is 0 Å². The molecule has 1 aliphatic heterocycles. The van der Waals surface area contributed by atoms with Crippen molar-refractivity contribution in [2.24, 2.45) is 0 Å². The third-order valence-corrected chi connectivity index (χ3v) is 6.26. The summed E-state index contributed by atoms with van der Waals surface area (Å²) in [6.45, 7) is 5.82. The average molecular weight is 450 g/mol. The summed E-state index contributed by atoms with van der Waals surface area (Å²) in [5, 5.41) is 6.39. The van der Waals surface area contributed by atoms with Gasteiger partial charge in [0.15, 0.2) is 0 Å². The fraction of sp³-hybridized carbons (Fsp3) is 0.292. The van der Waals surface area contributed by atoms with Crippen molar-refractivity contribution >= 4 is 23.8 Å². The number of H-pyrrole nitrogens is 1. The molecule has 4 N–H and O–H groups in total. The number of amides is 1. The van der Waals surface area contributed by atoms with Crippen LogP contribution in [-0.4, -0.2) is 35.0 Å². The predicted molar refractivity (Wildman–Crippen MR) is 129 cm³/mol. The minimum atomic E-state index is -0.227. The second kappa shape index (κ2) is 10.0. The van der Waals surface area contributed by atoms with Crippen molar-refractivity contribution in [3.8, 4) is 11.3 Å².